The van der Waals surface area contributed by atoms with Crippen LogP contribution in [0, 0.1) is 5.92 Å². The number of hydrogen-bond donors (Lipinski definition) is 1. The van der Waals surface area contributed by atoms with Gasteiger partial charge in [-0.25, -0.2) is 0 Å². The first kappa shape index (κ1) is 16.5. The molecule has 0 bridgehead atoms. The van der Waals surface area contributed by atoms with Crippen molar-refractivity contribution in [3.8, 4) is 0 Å². The Morgan fingerprint density at radius 1 is 1.16 bits per heavy atom. The molecule has 3 heteroatoms. The molecule has 19 heavy (non-hydrogen) atoms. The lowest BCUT2D eigenvalue weighted by molar-refractivity contribution is -0.0266. The highest BCUT2D eigenvalue weighted by Crippen LogP contribution is 2.23. The Morgan fingerprint density at radius 3 is 2.37 bits per heavy atom. The van der Waals surface area contributed by atoms with Gasteiger partial charge in [-0.1, -0.05) is 51.4 Å². The third-order valence-corrected chi connectivity index (χ3v) is 3.48. The molecule has 0 aliphatic carbocycles. The second kappa shape index (κ2) is 7.88. The fourth-order valence-electron chi connectivity index (χ4n) is 1.71. The minimum atomic E-state index is 0.0403. The van der Waals surface area contributed by atoms with Gasteiger partial charge in [0.05, 0.1) is 12.2 Å². The van der Waals surface area contributed by atoms with Crippen LogP contribution in [0.5, 0.6) is 0 Å². The zero-order valence-electron chi connectivity index (χ0n) is 12.6. The van der Waals surface area contributed by atoms with Crippen molar-refractivity contribution >= 4 is 11.6 Å². The molecule has 1 aromatic rings. The first-order valence-corrected chi connectivity index (χ1v) is 7.42. The minimum Gasteiger partial charge on any atom is -0.369 e. The molecule has 2 nitrogen and oxygen atoms in total. The summed E-state index contributed by atoms with van der Waals surface area (Å²) in [5.41, 5.74) is 1.13. The van der Waals surface area contributed by atoms with Crippen LogP contribution in [0.1, 0.15) is 46.3 Å². The van der Waals surface area contributed by atoms with Crippen LogP contribution in [0.4, 0.5) is 0 Å². The summed E-state index contributed by atoms with van der Waals surface area (Å²) in [6.07, 6.45) is 0.261. The minimum absolute atomic E-state index is 0.0403. The van der Waals surface area contributed by atoms with Crippen molar-refractivity contribution in [2.45, 2.75) is 52.9 Å². The smallest absolute Gasteiger partial charge is 0.0953 e. The third-order valence-electron chi connectivity index (χ3n) is 3.25. The lowest BCUT2D eigenvalue weighted by atomic mass is 10.1. The quantitative estimate of drug-likeness (QED) is 0.799. The number of rotatable bonds is 7. The van der Waals surface area contributed by atoms with Gasteiger partial charge in [-0.05, 0) is 30.5 Å². The van der Waals surface area contributed by atoms with Crippen molar-refractivity contribution < 1.29 is 4.74 Å². The van der Waals surface area contributed by atoms with Crippen LogP contribution >= 0.6 is 11.6 Å². The molecule has 1 aromatic carbocycles. The fraction of sp³-hybridized carbons (Fsp3) is 0.625. The second-order valence-electron chi connectivity index (χ2n) is 5.69. The molecule has 0 heterocycles. The zero-order valence-corrected chi connectivity index (χ0v) is 13.4. The van der Waals surface area contributed by atoms with Crippen LogP contribution in [0.15, 0.2) is 24.3 Å². The third kappa shape index (κ3) is 5.94. The maximum absolute atomic E-state index is 6.18. The van der Waals surface area contributed by atoms with Crippen molar-refractivity contribution in [3.05, 3.63) is 34.9 Å². The molecular formula is C16H26ClNO. The first-order valence-electron chi connectivity index (χ1n) is 7.04. The van der Waals surface area contributed by atoms with Crippen LogP contribution in [0.2, 0.25) is 5.02 Å². The summed E-state index contributed by atoms with van der Waals surface area (Å²) in [7, 11) is 0. The van der Waals surface area contributed by atoms with E-state index in [0.717, 1.165) is 17.1 Å². The van der Waals surface area contributed by atoms with E-state index < -0.39 is 0 Å². The highest BCUT2D eigenvalue weighted by molar-refractivity contribution is 6.30. The first-order chi connectivity index (χ1) is 8.90. The van der Waals surface area contributed by atoms with E-state index in [0.29, 0.717) is 12.0 Å². The predicted molar refractivity (Wildman–Crippen MR) is 82.7 cm³/mol. The van der Waals surface area contributed by atoms with Crippen LogP contribution in [0.3, 0.4) is 0 Å². The average Bonchev–Trinajstić information content (AvgIpc) is 2.33. The van der Waals surface area contributed by atoms with E-state index >= 15 is 0 Å². The van der Waals surface area contributed by atoms with Crippen LogP contribution in [-0.4, -0.2) is 18.7 Å². The van der Waals surface area contributed by atoms with Gasteiger partial charge in [0, 0.05) is 17.6 Å². The topological polar surface area (TPSA) is 21.3 Å². The summed E-state index contributed by atoms with van der Waals surface area (Å²) in [6.45, 7) is 11.6. The SMILES string of the molecule is CC(C)NCC(OC(C)C(C)C)c1cccc(Cl)c1. The largest absolute Gasteiger partial charge is 0.369 e. The number of nitrogens with one attached hydrogen (secondary N) is 1. The highest BCUT2D eigenvalue weighted by Gasteiger charge is 2.18. The maximum Gasteiger partial charge on any atom is 0.0953 e. The highest BCUT2D eigenvalue weighted by atomic mass is 35.5. The summed E-state index contributed by atoms with van der Waals surface area (Å²) >= 11 is 6.07. The Morgan fingerprint density at radius 2 is 1.84 bits per heavy atom. The predicted octanol–water partition coefficient (Wildman–Crippen LogP) is 4.44. The van der Waals surface area contributed by atoms with Crippen LogP contribution in [0.25, 0.3) is 0 Å². The number of ether oxygens (including phenoxy) is 1. The molecule has 1 rings (SSSR count). The van der Waals surface area contributed by atoms with E-state index in [4.69, 9.17) is 16.3 Å². The van der Waals surface area contributed by atoms with Crippen molar-refractivity contribution in [2.24, 2.45) is 5.92 Å². The van der Waals surface area contributed by atoms with E-state index in [1.807, 2.05) is 18.2 Å². The second-order valence-corrected chi connectivity index (χ2v) is 6.13. The molecule has 2 unspecified atom stereocenters. The van der Waals surface area contributed by atoms with E-state index in [1.165, 1.54) is 0 Å². The summed E-state index contributed by atoms with van der Waals surface area (Å²) < 4.78 is 6.18. The summed E-state index contributed by atoms with van der Waals surface area (Å²) in [5.74, 6) is 0.501. The van der Waals surface area contributed by atoms with Crippen molar-refractivity contribution in [2.75, 3.05) is 6.54 Å². The van der Waals surface area contributed by atoms with Gasteiger partial charge in [0.15, 0.2) is 0 Å². The molecule has 0 aliphatic heterocycles. The van der Waals surface area contributed by atoms with Crippen molar-refractivity contribution in [1.82, 2.24) is 5.32 Å². The summed E-state index contributed by atoms with van der Waals surface area (Å²) in [6, 6.07) is 8.37. The van der Waals surface area contributed by atoms with Gasteiger partial charge >= 0.3 is 0 Å². The summed E-state index contributed by atoms with van der Waals surface area (Å²) in [5, 5.41) is 4.20. The molecule has 2 atom stereocenters. The van der Waals surface area contributed by atoms with Crippen LogP contribution < -0.4 is 5.32 Å². The molecule has 108 valence electrons. The number of benzene rings is 1. The Kier molecular flexibility index (Phi) is 6.84. The molecule has 0 spiro atoms. The fourth-order valence-corrected chi connectivity index (χ4v) is 1.91. The van der Waals surface area contributed by atoms with E-state index in [9.17, 15) is 0 Å². The van der Waals surface area contributed by atoms with Gasteiger partial charge < -0.3 is 10.1 Å². The summed E-state index contributed by atoms with van der Waals surface area (Å²) in [4.78, 5) is 0. The molecule has 0 aliphatic rings. The normalized spacial score (nSPS) is 14.9. The van der Waals surface area contributed by atoms with Crippen LogP contribution in [-0.2, 0) is 4.74 Å². The van der Waals surface area contributed by atoms with E-state index in [1.54, 1.807) is 0 Å². The van der Waals surface area contributed by atoms with Gasteiger partial charge in [0.25, 0.3) is 0 Å². The monoisotopic (exact) mass is 283 g/mol. The Labute approximate surface area is 122 Å². The standard InChI is InChI=1S/C16H26ClNO/c1-11(2)13(5)19-16(10-18-12(3)4)14-7-6-8-15(17)9-14/h6-9,11-13,16,18H,10H2,1-5H3. The Balaban J connectivity index is 2.79. The zero-order chi connectivity index (χ0) is 14.4. The average molecular weight is 284 g/mol. The van der Waals surface area contributed by atoms with Gasteiger partial charge in [-0.2, -0.15) is 0 Å². The number of hydrogen-bond acceptors (Lipinski definition) is 2. The molecule has 0 amide bonds. The molecule has 0 radical (unpaired) electrons. The van der Waals surface area contributed by atoms with Gasteiger partial charge in [-0.3, -0.25) is 0 Å². The molecule has 0 saturated carbocycles. The molecule has 1 N–H and O–H groups in total. The van der Waals surface area contributed by atoms with E-state index in [2.05, 4.69) is 46.0 Å². The number of halogens is 1. The van der Waals surface area contributed by atoms with Gasteiger partial charge in [0.1, 0.15) is 0 Å². The van der Waals surface area contributed by atoms with Crippen molar-refractivity contribution in [1.29, 1.82) is 0 Å². The molecule has 0 saturated heterocycles. The van der Waals surface area contributed by atoms with Crippen molar-refractivity contribution in [3.63, 3.8) is 0 Å². The molecule has 0 aromatic heterocycles. The lowest BCUT2D eigenvalue weighted by Gasteiger charge is -2.26. The Hall–Kier alpha value is -0.570. The maximum atomic E-state index is 6.18. The molecular weight excluding hydrogens is 258 g/mol. The lowest BCUT2D eigenvalue weighted by Crippen LogP contribution is -2.31. The van der Waals surface area contributed by atoms with Gasteiger partial charge in [0.2, 0.25) is 0 Å². The van der Waals surface area contributed by atoms with Gasteiger partial charge in [-0.15, -0.1) is 0 Å². The Bertz CT molecular complexity index is 379. The molecule has 0 fully saturated rings. The van der Waals surface area contributed by atoms with E-state index in [-0.39, 0.29) is 12.2 Å².